The molecule has 0 atom stereocenters. The summed E-state index contributed by atoms with van der Waals surface area (Å²) in [5, 5.41) is 0. The van der Waals surface area contributed by atoms with Gasteiger partial charge in [0.2, 0.25) is 0 Å². The first-order chi connectivity index (χ1) is 9.99. The van der Waals surface area contributed by atoms with Crippen LogP contribution in [0.3, 0.4) is 0 Å². The Labute approximate surface area is 125 Å². The van der Waals surface area contributed by atoms with E-state index >= 15 is 0 Å². The van der Waals surface area contributed by atoms with Gasteiger partial charge < -0.3 is 15.2 Å². The lowest BCUT2D eigenvalue weighted by Crippen LogP contribution is -2.07. The third-order valence-corrected chi connectivity index (χ3v) is 3.38. The van der Waals surface area contributed by atoms with Gasteiger partial charge in [0.25, 0.3) is 0 Å². The molecule has 2 N–H and O–H groups in total. The van der Waals surface area contributed by atoms with Gasteiger partial charge in [0.05, 0.1) is 25.5 Å². The van der Waals surface area contributed by atoms with Gasteiger partial charge in [-0.25, -0.2) is 9.97 Å². The Hall–Kier alpha value is -2.30. The van der Waals surface area contributed by atoms with Gasteiger partial charge in [0.1, 0.15) is 23.1 Å². The summed E-state index contributed by atoms with van der Waals surface area (Å²) in [5.41, 5.74) is 8.42. The molecule has 2 rings (SSSR count). The number of aromatic nitrogens is 2. The predicted molar refractivity (Wildman–Crippen MR) is 83.8 cm³/mol. The van der Waals surface area contributed by atoms with Gasteiger partial charge >= 0.3 is 0 Å². The zero-order valence-electron chi connectivity index (χ0n) is 13.1. The highest BCUT2D eigenvalue weighted by molar-refractivity contribution is 5.78. The van der Waals surface area contributed by atoms with E-state index in [0.717, 1.165) is 16.8 Å². The quantitative estimate of drug-likeness (QED) is 0.935. The van der Waals surface area contributed by atoms with Crippen molar-refractivity contribution in [2.45, 2.75) is 26.7 Å². The Morgan fingerprint density at radius 3 is 2.10 bits per heavy atom. The van der Waals surface area contributed by atoms with E-state index in [4.69, 9.17) is 15.2 Å². The molecule has 5 heteroatoms. The smallest absolute Gasteiger partial charge is 0.133 e. The van der Waals surface area contributed by atoms with Crippen LogP contribution in [0.25, 0.3) is 11.3 Å². The molecule has 5 nitrogen and oxygen atoms in total. The van der Waals surface area contributed by atoms with Crippen molar-refractivity contribution in [3.05, 3.63) is 29.6 Å². The van der Waals surface area contributed by atoms with Crippen molar-refractivity contribution in [1.29, 1.82) is 0 Å². The van der Waals surface area contributed by atoms with E-state index in [-0.39, 0.29) is 5.92 Å². The molecule has 0 saturated heterocycles. The molecule has 2 aromatic rings. The molecule has 1 heterocycles. The molecule has 0 saturated carbocycles. The third kappa shape index (κ3) is 2.77. The largest absolute Gasteiger partial charge is 0.496 e. The molecule has 0 bridgehead atoms. The highest BCUT2D eigenvalue weighted by atomic mass is 16.5. The minimum Gasteiger partial charge on any atom is -0.496 e. The summed E-state index contributed by atoms with van der Waals surface area (Å²) in [5.74, 6) is 2.78. The Balaban J connectivity index is 2.77. The van der Waals surface area contributed by atoms with E-state index in [1.54, 1.807) is 14.2 Å². The second kappa shape index (κ2) is 5.99. The predicted octanol–water partition coefficient (Wildman–Crippen LogP) is 3.17. The number of hydrogen-bond donors (Lipinski definition) is 1. The SMILES string of the molecule is COc1cccc(OC)c1-c1nc(C(C)C)nc(N)c1C. The number of nitrogen functional groups attached to an aromatic ring is 1. The Morgan fingerprint density at radius 2 is 1.62 bits per heavy atom. The van der Waals surface area contributed by atoms with Crippen molar-refractivity contribution in [3.8, 4) is 22.8 Å². The van der Waals surface area contributed by atoms with Gasteiger partial charge in [-0.2, -0.15) is 0 Å². The first kappa shape index (κ1) is 15.1. The summed E-state index contributed by atoms with van der Waals surface area (Å²) < 4.78 is 10.9. The van der Waals surface area contributed by atoms with E-state index in [9.17, 15) is 0 Å². The number of ether oxygens (including phenoxy) is 2. The Morgan fingerprint density at radius 1 is 1.05 bits per heavy atom. The molecule has 0 aliphatic heterocycles. The van der Waals surface area contributed by atoms with Crippen LogP contribution in [0.15, 0.2) is 18.2 Å². The highest BCUT2D eigenvalue weighted by Crippen LogP contribution is 2.39. The lowest BCUT2D eigenvalue weighted by Gasteiger charge is -2.16. The normalized spacial score (nSPS) is 10.8. The number of benzene rings is 1. The van der Waals surface area contributed by atoms with Gasteiger partial charge in [0, 0.05) is 11.5 Å². The Bertz CT molecular complexity index is 632. The molecular formula is C16H21N3O2. The molecule has 1 aromatic carbocycles. The maximum atomic E-state index is 6.05. The summed E-state index contributed by atoms with van der Waals surface area (Å²) in [6.07, 6.45) is 0. The molecule has 0 aliphatic carbocycles. The molecular weight excluding hydrogens is 266 g/mol. The van der Waals surface area contributed by atoms with E-state index in [1.807, 2.05) is 39.0 Å². The van der Waals surface area contributed by atoms with E-state index in [0.29, 0.717) is 23.1 Å². The number of methoxy groups -OCH3 is 2. The monoisotopic (exact) mass is 287 g/mol. The number of hydrogen-bond acceptors (Lipinski definition) is 5. The van der Waals surface area contributed by atoms with Gasteiger partial charge in [0.15, 0.2) is 0 Å². The van der Waals surface area contributed by atoms with Crippen molar-refractivity contribution in [2.24, 2.45) is 0 Å². The van der Waals surface area contributed by atoms with Crippen molar-refractivity contribution in [1.82, 2.24) is 9.97 Å². The van der Waals surface area contributed by atoms with Crippen LogP contribution < -0.4 is 15.2 Å². The molecule has 1 aromatic heterocycles. The van der Waals surface area contributed by atoms with Crippen LogP contribution in [0, 0.1) is 6.92 Å². The second-order valence-corrected chi connectivity index (χ2v) is 5.13. The molecule has 0 aliphatic rings. The summed E-state index contributed by atoms with van der Waals surface area (Å²) in [7, 11) is 3.25. The van der Waals surface area contributed by atoms with Crippen LogP contribution in [-0.2, 0) is 0 Å². The first-order valence-corrected chi connectivity index (χ1v) is 6.85. The van der Waals surface area contributed by atoms with Gasteiger partial charge in [-0.05, 0) is 19.1 Å². The average Bonchev–Trinajstić information content (AvgIpc) is 2.48. The van der Waals surface area contributed by atoms with Crippen LogP contribution in [0.5, 0.6) is 11.5 Å². The van der Waals surface area contributed by atoms with Crippen molar-refractivity contribution < 1.29 is 9.47 Å². The van der Waals surface area contributed by atoms with E-state index in [2.05, 4.69) is 9.97 Å². The van der Waals surface area contributed by atoms with Crippen molar-refractivity contribution in [2.75, 3.05) is 20.0 Å². The standard InChI is InChI=1S/C16H21N3O2/c1-9(2)16-18-14(10(3)15(17)19-16)13-11(20-4)7-6-8-12(13)21-5/h6-9H,1-5H3,(H2,17,18,19). The third-order valence-electron chi connectivity index (χ3n) is 3.38. The summed E-state index contributed by atoms with van der Waals surface area (Å²) in [4.78, 5) is 9.02. The maximum absolute atomic E-state index is 6.05. The van der Waals surface area contributed by atoms with Crippen LogP contribution in [0.2, 0.25) is 0 Å². The molecule has 112 valence electrons. The molecule has 0 unspecified atom stereocenters. The molecule has 0 spiro atoms. The summed E-state index contributed by atoms with van der Waals surface area (Å²) in [6.45, 7) is 5.97. The molecule has 0 fully saturated rings. The number of nitrogens with zero attached hydrogens (tertiary/aromatic N) is 2. The van der Waals surface area contributed by atoms with E-state index in [1.165, 1.54) is 0 Å². The zero-order valence-corrected chi connectivity index (χ0v) is 13.1. The molecule has 21 heavy (non-hydrogen) atoms. The minimum absolute atomic E-state index is 0.187. The van der Waals surface area contributed by atoms with Crippen molar-refractivity contribution in [3.63, 3.8) is 0 Å². The van der Waals surface area contributed by atoms with Crippen LogP contribution in [0.4, 0.5) is 5.82 Å². The fraction of sp³-hybridized carbons (Fsp3) is 0.375. The van der Waals surface area contributed by atoms with Crippen LogP contribution >= 0.6 is 0 Å². The summed E-state index contributed by atoms with van der Waals surface area (Å²) >= 11 is 0. The van der Waals surface area contributed by atoms with Gasteiger partial charge in [-0.1, -0.05) is 19.9 Å². The number of nitrogens with two attached hydrogens (primary N) is 1. The highest BCUT2D eigenvalue weighted by Gasteiger charge is 2.19. The molecule has 0 radical (unpaired) electrons. The first-order valence-electron chi connectivity index (χ1n) is 6.85. The fourth-order valence-electron chi connectivity index (χ4n) is 2.14. The average molecular weight is 287 g/mol. The lowest BCUT2D eigenvalue weighted by atomic mass is 10.0. The lowest BCUT2D eigenvalue weighted by molar-refractivity contribution is 0.397. The zero-order chi connectivity index (χ0) is 15.6. The number of rotatable bonds is 4. The topological polar surface area (TPSA) is 70.3 Å². The Kier molecular flexibility index (Phi) is 4.31. The number of anilines is 1. The van der Waals surface area contributed by atoms with E-state index < -0.39 is 0 Å². The van der Waals surface area contributed by atoms with Gasteiger partial charge in [-0.15, -0.1) is 0 Å². The maximum Gasteiger partial charge on any atom is 0.133 e. The van der Waals surface area contributed by atoms with Crippen LogP contribution in [0.1, 0.15) is 31.2 Å². The van der Waals surface area contributed by atoms with Gasteiger partial charge in [-0.3, -0.25) is 0 Å². The fourth-order valence-corrected chi connectivity index (χ4v) is 2.14. The van der Waals surface area contributed by atoms with Crippen LogP contribution in [-0.4, -0.2) is 24.2 Å². The summed E-state index contributed by atoms with van der Waals surface area (Å²) in [6, 6.07) is 5.64. The minimum atomic E-state index is 0.187. The second-order valence-electron chi connectivity index (χ2n) is 5.13. The van der Waals surface area contributed by atoms with Crippen molar-refractivity contribution >= 4 is 5.82 Å². The molecule has 0 amide bonds.